The summed E-state index contributed by atoms with van der Waals surface area (Å²) in [6.45, 7) is 5.31. The third-order valence-corrected chi connectivity index (χ3v) is 3.90. The van der Waals surface area contributed by atoms with Crippen molar-refractivity contribution in [3.8, 4) is 0 Å². The Bertz CT molecular complexity index is 207. The van der Waals surface area contributed by atoms with E-state index in [4.69, 9.17) is 0 Å². The second-order valence-electron chi connectivity index (χ2n) is 4.03. The van der Waals surface area contributed by atoms with Crippen molar-refractivity contribution in [1.82, 2.24) is 5.32 Å². The van der Waals surface area contributed by atoms with E-state index in [-0.39, 0.29) is 23.5 Å². The first-order valence-corrected chi connectivity index (χ1v) is 6.94. The maximum atomic E-state index is 11.2. The minimum absolute atomic E-state index is 0.0533. The summed E-state index contributed by atoms with van der Waals surface area (Å²) in [4.78, 5) is 22.3. The van der Waals surface area contributed by atoms with Gasteiger partial charge in [0.15, 0.2) is 0 Å². The van der Waals surface area contributed by atoms with Crippen LogP contribution in [-0.4, -0.2) is 36.2 Å². The first-order chi connectivity index (χ1) is 7.52. The molecule has 0 aliphatic heterocycles. The molecule has 0 unspecified atom stereocenters. The van der Waals surface area contributed by atoms with E-state index in [9.17, 15) is 9.59 Å². The number of hydrogen-bond acceptors (Lipinski definition) is 4. The SMILES string of the molecule is CC[C@@H](CCSC[C@H](NC)C(C)=O)C(C)=O. The molecule has 0 aliphatic carbocycles. The monoisotopic (exact) mass is 245 g/mol. The van der Waals surface area contributed by atoms with Gasteiger partial charge in [-0.1, -0.05) is 6.92 Å². The van der Waals surface area contributed by atoms with Gasteiger partial charge in [-0.25, -0.2) is 0 Å². The Labute approximate surface area is 103 Å². The Balaban J connectivity index is 3.73. The highest BCUT2D eigenvalue weighted by molar-refractivity contribution is 7.99. The van der Waals surface area contributed by atoms with Gasteiger partial charge in [-0.3, -0.25) is 9.59 Å². The van der Waals surface area contributed by atoms with Crippen LogP contribution in [0.3, 0.4) is 0 Å². The predicted octanol–water partition coefficient (Wildman–Crippen LogP) is 1.90. The Hall–Kier alpha value is -0.350. The summed E-state index contributed by atoms with van der Waals surface area (Å²) in [7, 11) is 1.80. The van der Waals surface area contributed by atoms with Gasteiger partial charge in [-0.05, 0) is 39.5 Å². The summed E-state index contributed by atoms with van der Waals surface area (Å²) in [5.74, 6) is 2.38. The van der Waals surface area contributed by atoms with Gasteiger partial charge in [0.25, 0.3) is 0 Å². The molecule has 0 fully saturated rings. The van der Waals surface area contributed by atoms with Crippen LogP contribution < -0.4 is 5.32 Å². The minimum atomic E-state index is -0.0533. The number of ketones is 2. The van der Waals surface area contributed by atoms with E-state index in [1.807, 2.05) is 6.92 Å². The van der Waals surface area contributed by atoms with E-state index in [1.54, 1.807) is 32.7 Å². The largest absolute Gasteiger partial charge is 0.310 e. The minimum Gasteiger partial charge on any atom is -0.310 e. The molecule has 1 N–H and O–H groups in total. The maximum Gasteiger partial charge on any atom is 0.147 e. The molecule has 4 heteroatoms. The summed E-state index contributed by atoms with van der Waals surface area (Å²) in [6, 6.07) is -0.0533. The molecule has 0 aromatic heterocycles. The fourth-order valence-corrected chi connectivity index (χ4v) is 2.78. The van der Waals surface area contributed by atoms with Gasteiger partial charge in [0, 0.05) is 11.7 Å². The van der Waals surface area contributed by atoms with E-state index >= 15 is 0 Å². The first kappa shape index (κ1) is 15.7. The van der Waals surface area contributed by atoms with E-state index in [0.29, 0.717) is 0 Å². The number of nitrogens with one attached hydrogen (secondary N) is 1. The standard InChI is InChI=1S/C12H23NO2S/c1-5-11(9(2)14)6-7-16-8-12(13-4)10(3)15/h11-13H,5-8H2,1-4H3/t11-,12-/m0/s1. The van der Waals surface area contributed by atoms with Gasteiger partial charge in [0.05, 0.1) is 6.04 Å². The van der Waals surface area contributed by atoms with E-state index < -0.39 is 0 Å². The number of Topliss-reactive ketones (excluding diaryl/α,β-unsaturated/α-hetero) is 2. The zero-order valence-corrected chi connectivity index (χ0v) is 11.5. The highest BCUT2D eigenvalue weighted by atomic mass is 32.2. The fraction of sp³-hybridized carbons (Fsp3) is 0.833. The van der Waals surface area contributed by atoms with Crippen LogP contribution in [-0.2, 0) is 9.59 Å². The third kappa shape index (κ3) is 6.28. The zero-order valence-electron chi connectivity index (χ0n) is 10.7. The predicted molar refractivity (Wildman–Crippen MR) is 69.9 cm³/mol. The average Bonchev–Trinajstić information content (AvgIpc) is 2.22. The highest BCUT2D eigenvalue weighted by Crippen LogP contribution is 2.14. The molecule has 0 aromatic carbocycles. The zero-order chi connectivity index (χ0) is 12.6. The van der Waals surface area contributed by atoms with Gasteiger partial charge in [-0.2, -0.15) is 11.8 Å². The summed E-state index contributed by atoms with van der Waals surface area (Å²) >= 11 is 1.74. The van der Waals surface area contributed by atoms with Crippen LogP contribution in [0.5, 0.6) is 0 Å². The molecule has 0 heterocycles. The van der Waals surface area contributed by atoms with Gasteiger partial charge in [0.1, 0.15) is 11.6 Å². The lowest BCUT2D eigenvalue weighted by atomic mass is 10.00. The molecule has 0 radical (unpaired) electrons. The molecule has 2 atom stereocenters. The summed E-state index contributed by atoms with van der Waals surface area (Å²) < 4.78 is 0. The molecule has 16 heavy (non-hydrogen) atoms. The van der Waals surface area contributed by atoms with Crippen molar-refractivity contribution >= 4 is 23.3 Å². The topological polar surface area (TPSA) is 46.2 Å². The van der Waals surface area contributed by atoms with Crippen LogP contribution in [0.4, 0.5) is 0 Å². The van der Waals surface area contributed by atoms with Gasteiger partial charge in [0.2, 0.25) is 0 Å². The Kier molecular flexibility index (Phi) is 8.57. The molecule has 3 nitrogen and oxygen atoms in total. The highest BCUT2D eigenvalue weighted by Gasteiger charge is 2.13. The number of carbonyl (C=O) groups is 2. The van der Waals surface area contributed by atoms with Gasteiger partial charge >= 0.3 is 0 Å². The Morgan fingerprint density at radius 1 is 1.25 bits per heavy atom. The molecular formula is C12H23NO2S. The fourth-order valence-electron chi connectivity index (χ4n) is 1.53. The number of carbonyl (C=O) groups excluding carboxylic acids is 2. The number of likely N-dealkylation sites (N-methyl/N-ethyl adjacent to an activating group) is 1. The van der Waals surface area contributed by atoms with Crippen molar-refractivity contribution in [3.63, 3.8) is 0 Å². The van der Waals surface area contributed by atoms with Crippen LogP contribution >= 0.6 is 11.8 Å². The number of hydrogen-bond donors (Lipinski definition) is 1. The maximum absolute atomic E-state index is 11.2. The molecule has 0 saturated heterocycles. The van der Waals surface area contributed by atoms with Gasteiger partial charge < -0.3 is 5.32 Å². The lowest BCUT2D eigenvalue weighted by molar-refractivity contribution is -0.121. The quantitative estimate of drug-likeness (QED) is 0.630. The third-order valence-electron chi connectivity index (χ3n) is 2.80. The van der Waals surface area contributed by atoms with Crippen molar-refractivity contribution in [3.05, 3.63) is 0 Å². The second-order valence-corrected chi connectivity index (χ2v) is 5.18. The van der Waals surface area contributed by atoms with E-state index in [2.05, 4.69) is 5.32 Å². The summed E-state index contributed by atoms with van der Waals surface area (Å²) in [6.07, 6.45) is 1.84. The molecule has 94 valence electrons. The molecule has 0 spiro atoms. The molecule has 0 rings (SSSR count). The molecule has 0 saturated carbocycles. The van der Waals surface area contributed by atoms with Crippen molar-refractivity contribution in [1.29, 1.82) is 0 Å². The summed E-state index contributed by atoms with van der Waals surface area (Å²) in [5, 5.41) is 2.99. The van der Waals surface area contributed by atoms with Crippen molar-refractivity contribution in [2.75, 3.05) is 18.6 Å². The van der Waals surface area contributed by atoms with E-state index in [0.717, 1.165) is 24.3 Å². The smallest absolute Gasteiger partial charge is 0.147 e. The van der Waals surface area contributed by atoms with Crippen molar-refractivity contribution in [2.45, 2.75) is 39.7 Å². The Morgan fingerprint density at radius 3 is 2.25 bits per heavy atom. The van der Waals surface area contributed by atoms with Crippen molar-refractivity contribution < 1.29 is 9.59 Å². The van der Waals surface area contributed by atoms with Crippen LogP contribution in [0.25, 0.3) is 0 Å². The van der Waals surface area contributed by atoms with E-state index in [1.165, 1.54) is 0 Å². The van der Waals surface area contributed by atoms with Crippen LogP contribution in [0.2, 0.25) is 0 Å². The normalized spacial score (nSPS) is 14.5. The first-order valence-electron chi connectivity index (χ1n) is 5.78. The molecule has 0 bridgehead atoms. The lowest BCUT2D eigenvalue weighted by Gasteiger charge is -2.14. The van der Waals surface area contributed by atoms with Gasteiger partial charge in [-0.15, -0.1) is 0 Å². The molecule has 0 aromatic rings. The van der Waals surface area contributed by atoms with Crippen LogP contribution in [0.1, 0.15) is 33.6 Å². The lowest BCUT2D eigenvalue weighted by Crippen LogP contribution is -2.34. The van der Waals surface area contributed by atoms with Crippen LogP contribution in [0, 0.1) is 5.92 Å². The second kappa shape index (κ2) is 8.76. The Morgan fingerprint density at radius 2 is 1.88 bits per heavy atom. The molecule has 0 aliphatic rings. The molecular weight excluding hydrogens is 222 g/mol. The number of rotatable bonds is 9. The average molecular weight is 245 g/mol. The van der Waals surface area contributed by atoms with Crippen molar-refractivity contribution in [2.24, 2.45) is 5.92 Å². The number of thioether (sulfide) groups is 1. The summed E-state index contributed by atoms with van der Waals surface area (Å²) in [5.41, 5.74) is 0. The molecule has 0 amide bonds. The van der Waals surface area contributed by atoms with Crippen LogP contribution in [0.15, 0.2) is 0 Å².